The summed E-state index contributed by atoms with van der Waals surface area (Å²) in [6, 6.07) is 9.79. The van der Waals surface area contributed by atoms with Crippen LogP contribution in [0.5, 0.6) is 5.75 Å². The second-order valence-electron chi connectivity index (χ2n) is 6.34. The van der Waals surface area contributed by atoms with Crippen LogP contribution in [0.2, 0.25) is 0 Å². The zero-order valence-corrected chi connectivity index (χ0v) is 14.8. The fourth-order valence-corrected chi connectivity index (χ4v) is 2.26. The van der Waals surface area contributed by atoms with Gasteiger partial charge < -0.3 is 10.1 Å². The lowest BCUT2D eigenvalue weighted by molar-refractivity contribution is -0.384. The van der Waals surface area contributed by atoms with Gasteiger partial charge in [0, 0.05) is 11.6 Å². The third-order valence-electron chi connectivity index (χ3n) is 3.85. The van der Waals surface area contributed by atoms with E-state index >= 15 is 0 Å². The normalized spacial score (nSPS) is 10.6. The molecule has 0 radical (unpaired) electrons. The first kappa shape index (κ1) is 18.4. The highest BCUT2D eigenvalue weighted by Gasteiger charge is 2.20. The van der Waals surface area contributed by atoms with Gasteiger partial charge in [-0.3, -0.25) is 14.9 Å². The molecule has 0 unspecified atom stereocenters. The number of nitro benzene ring substituents is 1. The smallest absolute Gasteiger partial charge is 0.293 e. The maximum absolute atomic E-state index is 12.5. The Balaban J connectivity index is 2.20. The summed E-state index contributed by atoms with van der Waals surface area (Å²) in [6.45, 7) is 8.30. The van der Waals surface area contributed by atoms with Crippen molar-refractivity contribution in [2.45, 2.75) is 27.7 Å². The van der Waals surface area contributed by atoms with Crippen LogP contribution in [0.4, 0.5) is 11.4 Å². The van der Waals surface area contributed by atoms with Gasteiger partial charge in [0.25, 0.3) is 11.6 Å². The van der Waals surface area contributed by atoms with Gasteiger partial charge in [-0.15, -0.1) is 0 Å². The third-order valence-corrected chi connectivity index (χ3v) is 3.85. The Morgan fingerprint density at radius 2 is 1.80 bits per heavy atom. The second kappa shape index (κ2) is 7.79. The van der Waals surface area contributed by atoms with Crippen molar-refractivity contribution in [3.8, 4) is 5.75 Å². The molecule has 2 aromatic rings. The van der Waals surface area contributed by atoms with Crippen molar-refractivity contribution < 1.29 is 14.5 Å². The van der Waals surface area contributed by atoms with Crippen LogP contribution in [0.25, 0.3) is 0 Å². The van der Waals surface area contributed by atoms with Crippen molar-refractivity contribution in [2.24, 2.45) is 5.92 Å². The molecule has 6 nitrogen and oxygen atoms in total. The fourth-order valence-electron chi connectivity index (χ4n) is 2.26. The summed E-state index contributed by atoms with van der Waals surface area (Å²) in [5.41, 5.74) is 2.08. The molecule has 0 saturated heterocycles. The van der Waals surface area contributed by atoms with Gasteiger partial charge >= 0.3 is 0 Å². The van der Waals surface area contributed by atoms with E-state index in [0.29, 0.717) is 29.4 Å². The molecule has 132 valence electrons. The lowest BCUT2D eigenvalue weighted by atomic mass is 10.1. The number of anilines is 1. The maximum atomic E-state index is 12.5. The van der Waals surface area contributed by atoms with Crippen LogP contribution in [0.15, 0.2) is 36.4 Å². The zero-order valence-electron chi connectivity index (χ0n) is 14.8. The van der Waals surface area contributed by atoms with Crippen molar-refractivity contribution in [2.75, 3.05) is 11.9 Å². The molecule has 6 heteroatoms. The number of nitro groups is 1. The number of ether oxygens (including phenoxy) is 1. The van der Waals surface area contributed by atoms with E-state index in [1.807, 2.05) is 6.92 Å². The molecule has 0 bridgehead atoms. The van der Waals surface area contributed by atoms with E-state index in [2.05, 4.69) is 19.2 Å². The van der Waals surface area contributed by atoms with Crippen molar-refractivity contribution in [1.29, 1.82) is 0 Å². The van der Waals surface area contributed by atoms with Crippen molar-refractivity contribution in [3.05, 3.63) is 63.2 Å². The molecule has 0 aliphatic rings. The van der Waals surface area contributed by atoms with Crippen LogP contribution in [0, 0.1) is 29.9 Å². The van der Waals surface area contributed by atoms with Crippen molar-refractivity contribution in [1.82, 2.24) is 0 Å². The summed E-state index contributed by atoms with van der Waals surface area (Å²) in [5, 5.41) is 13.9. The van der Waals surface area contributed by atoms with E-state index in [9.17, 15) is 14.9 Å². The van der Waals surface area contributed by atoms with E-state index in [-0.39, 0.29) is 11.4 Å². The van der Waals surface area contributed by atoms with Gasteiger partial charge in [0.1, 0.15) is 11.4 Å². The van der Waals surface area contributed by atoms with Crippen LogP contribution in [-0.4, -0.2) is 17.4 Å². The number of hydrogen-bond donors (Lipinski definition) is 1. The monoisotopic (exact) mass is 342 g/mol. The highest BCUT2D eigenvalue weighted by Crippen LogP contribution is 2.30. The molecule has 2 rings (SSSR count). The van der Waals surface area contributed by atoms with E-state index in [4.69, 9.17) is 4.74 Å². The SMILES string of the molecule is Cc1ccc([N+](=O)[O-])c(NC(=O)c2ccc(OCC(C)C)cc2)c1C. The maximum Gasteiger partial charge on any atom is 0.293 e. The largest absolute Gasteiger partial charge is 0.493 e. The Labute approximate surface area is 147 Å². The minimum Gasteiger partial charge on any atom is -0.493 e. The first-order valence-electron chi connectivity index (χ1n) is 8.08. The fraction of sp³-hybridized carbons (Fsp3) is 0.316. The molecule has 0 spiro atoms. The average molecular weight is 342 g/mol. The topological polar surface area (TPSA) is 81.5 Å². The van der Waals surface area contributed by atoms with Crippen LogP contribution >= 0.6 is 0 Å². The van der Waals surface area contributed by atoms with Crippen LogP contribution < -0.4 is 10.1 Å². The van der Waals surface area contributed by atoms with E-state index in [0.717, 1.165) is 5.56 Å². The number of hydrogen-bond acceptors (Lipinski definition) is 4. The van der Waals surface area contributed by atoms with Crippen LogP contribution in [0.3, 0.4) is 0 Å². The molecule has 0 atom stereocenters. The third kappa shape index (κ3) is 4.56. The van der Waals surface area contributed by atoms with Gasteiger partial charge in [0.05, 0.1) is 11.5 Å². The molecular weight excluding hydrogens is 320 g/mol. The number of rotatable bonds is 6. The standard InChI is InChI=1S/C19H22N2O4/c1-12(2)11-25-16-8-6-15(7-9-16)19(22)20-18-14(4)13(3)5-10-17(18)21(23)24/h5-10,12H,11H2,1-4H3,(H,20,22). The highest BCUT2D eigenvalue weighted by atomic mass is 16.6. The quantitative estimate of drug-likeness (QED) is 0.619. The summed E-state index contributed by atoms with van der Waals surface area (Å²) in [6.07, 6.45) is 0. The Hall–Kier alpha value is -2.89. The van der Waals surface area contributed by atoms with E-state index in [1.165, 1.54) is 6.07 Å². The summed E-state index contributed by atoms with van der Waals surface area (Å²) in [7, 11) is 0. The Bertz CT molecular complexity index is 783. The molecule has 1 amide bonds. The molecule has 0 fully saturated rings. The van der Waals surface area contributed by atoms with Gasteiger partial charge in [-0.1, -0.05) is 19.9 Å². The molecule has 25 heavy (non-hydrogen) atoms. The number of nitrogens with zero attached hydrogens (tertiary/aromatic N) is 1. The van der Waals surface area contributed by atoms with Gasteiger partial charge in [-0.25, -0.2) is 0 Å². The van der Waals surface area contributed by atoms with Crippen molar-refractivity contribution >= 4 is 17.3 Å². The summed E-state index contributed by atoms with van der Waals surface area (Å²) in [4.78, 5) is 23.2. The summed E-state index contributed by atoms with van der Waals surface area (Å²) >= 11 is 0. The molecule has 1 N–H and O–H groups in total. The molecule has 0 saturated carbocycles. The predicted molar refractivity (Wildman–Crippen MR) is 97.3 cm³/mol. The number of carbonyl (C=O) groups is 1. The van der Waals surface area contributed by atoms with Gasteiger partial charge in [0.15, 0.2) is 0 Å². The molecule has 2 aromatic carbocycles. The summed E-state index contributed by atoms with van der Waals surface area (Å²) in [5.74, 6) is 0.697. The minimum atomic E-state index is -0.495. The van der Waals surface area contributed by atoms with Gasteiger partial charge in [0.2, 0.25) is 0 Å². The number of nitrogens with one attached hydrogen (secondary N) is 1. The second-order valence-corrected chi connectivity index (χ2v) is 6.34. The molecule has 0 aliphatic heterocycles. The molecule has 0 aliphatic carbocycles. The highest BCUT2D eigenvalue weighted by molar-refractivity contribution is 6.06. The average Bonchev–Trinajstić information content (AvgIpc) is 2.57. The van der Waals surface area contributed by atoms with Crippen molar-refractivity contribution in [3.63, 3.8) is 0 Å². The van der Waals surface area contributed by atoms with E-state index < -0.39 is 10.8 Å². The Morgan fingerprint density at radius 3 is 2.36 bits per heavy atom. The number of carbonyl (C=O) groups excluding carboxylic acids is 1. The number of aryl methyl sites for hydroxylation is 1. The van der Waals surface area contributed by atoms with Gasteiger partial charge in [-0.05, 0) is 55.2 Å². The molecule has 0 aromatic heterocycles. The molecular formula is C19H22N2O4. The Kier molecular flexibility index (Phi) is 5.75. The number of benzene rings is 2. The predicted octanol–water partition coefficient (Wildman–Crippen LogP) is 4.50. The van der Waals surface area contributed by atoms with Crippen LogP contribution in [-0.2, 0) is 0 Å². The molecule has 0 heterocycles. The Morgan fingerprint density at radius 1 is 1.16 bits per heavy atom. The van der Waals surface area contributed by atoms with Gasteiger partial charge in [-0.2, -0.15) is 0 Å². The first-order valence-corrected chi connectivity index (χ1v) is 8.08. The lowest BCUT2D eigenvalue weighted by Gasteiger charge is -2.12. The summed E-state index contributed by atoms with van der Waals surface area (Å²) < 4.78 is 5.58. The van der Waals surface area contributed by atoms with E-state index in [1.54, 1.807) is 37.3 Å². The zero-order chi connectivity index (χ0) is 18.6. The number of amides is 1. The first-order chi connectivity index (χ1) is 11.8. The lowest BCUT2D eigenvalue weighted by Crippen LogP contribution is -2.14. The minimum absolute atomic E-state index is 0.117. The van der Waals surface area contributed by atoms with Crippen LogP contribution in [0.1, 0.15) is 35.3 Å².